The van der Waals surface area contributed by atoms with E-state index in [1.54, 1.807) is 0 Å². The number of H-pyrrole nitrogens is 1. The van der Waals surface area contributed by atoms with E-state index in [1.165, 1.54) is 6.07 Å². The normalized spacial score (nSPS) is 10.5. The average Bonchev–Trinajstić information content (AvgIpc) is 2.72. The minimum Gasteiger partial charge on any atom is -0.318 e. The summed E-state index contributed by atoms with van der Waals surface area (Å²) in [7, 11) is 0. The number of aryl methyl sites for hydroxylation is 1. The third kappa shape index (κ3) is 2.79. The van der Waals surface area contributed by atoms with Gasteiger partial charge in [-0.1, -0.05) is 22.0 Å². The average molecular weight is 303 g/mol. The van der Waals surface area contributed by atoms with Gasteiger partial charge in [-0.05, 0) is 12.1 Å². The van der Waals surface area contributed by atoms with Crippen LogP contribution in [-0.2, 0) is 6.42 Å². The molecule has 0 unspecified atom stereocenters. The van der Waals surface area contributed by atoms with Crippen molar-refractivity contribution in [1.29, 1.82) is 0 Å². The minimum absolute atomic E-state index is 0.143. The number of aromatic nitrogens is 3. The van der Waals surface area contributed by atoms with Gasteiger partial charge < -0.3 is 5.32 Å². The van der Waals surface area contributed by atoms with E-state index >= 15 is 0 Å². The van der Waals surface area contributed by atoms with Gasteiger partial charge in [-0.25, -0.2) is 8.78 Å². The zero-order valence-corrected chi connectivity index (χ0v) is 10.3. The number of para-hydroxylation sites is 1. The molecule has 0 aliphatic heterocycles. The Balaban J connectivity index is 2.19. The van der Waals surface area contributed by atoms with Crippen molar-refractivity contribution in [3.8, 4) is 0 Å². The highest BCUT2D eigenvalue weighted by molar-refractivity contribution is 9.09. The quantitative estimate of drug-likeness (QED) is 0.854. The zero-order chi connectivity index (χ0) is 12.3. The lowest BCUT2D eigenvalue weighted by atomic mass is 10.3. The van der Waals surface area contributed by atoms with Crippen molar-refractivity contribution in [3.05, 3.63) is 35.7 Å². The molecule has 0 atom stereocenters. The fourth-order valence-corrected chi connectivity index (χ4v) is 1.66. The molecule has 17 heavy (non-hydrogen) atoms. The summed E-state index contributed by atoms with van der Waals surface area (Å²) in [4.78, 5) is 4.04. The standard InChI is InChI=1S/C10H9BrF2N4/c11-5-4-8-14-10(17-16-8)15-9-6(12)2-1-3-7(9)13/h1-3H,4-5H2,(H2,14,15,16,17). The number of aromatic amines is 1. The third-order valence-corrected chi connectivity index (χ3v) is 2.46. The highest BCUT2D eigenvalue weighted by Gasteiger charge is 2.10. The molecule has 1 aromatic carbocycles. The molecule has 1 heterocycles. The Morgan fingerprint density at radius 1 is 1.29 bits per heavy atom. The summed E-state index contributed by atoms with van der Waals surface area (Å²) in [5.41, 5.74) is -0.253. The van der Waals surface area contributed by atoms with Crippen LogP contribution in [0.3, 0.4) is 0 Å². The lowest BCUT2D eigenvalue weighted by Crippen LogP contribution is -1.99. The number of hydrogen-bond donors (Lipinski definition) is 2. The van der Waals surface area contributed by atoms with Crippen LogP contribution < -0.4 is 5.32 Å². The molecule has 4 nitrogen and oxygen atoms in total. The van der Waals surface area contributed by atoms with Crippen molar-refractivity contribution in [1.82, 2.24) is 15.2 Å². The molecular weight excluding hydrogens is 294 g/mol. The Morgan fingerprint density at radius 3 is 2.65 bits per heavy atom. The van der Waals surface area contributed by atoms with Crippen LogP contribution in [0.1, 0.15) is 5.82 Å². The van der Waals surface area contributed by atoms with Gasteiger partial charge in [0.25, 0.3) is 0 Å². The first kappa shape index (κ1) is 12.0. The number of nitrogens with one attached hydrogen (secondary N) is 2. The molecule has 0 aliphatic rings. The molecule has 0 saturated carbocycles. The van der Waals surface area contributed by atoms with Gasteiger partial charge in [0.05, 0.1) is 0 Å². The largest absolute Gasteiger partial charge is 0.318 e. The molecule has 0 aliphatic carbocycles. The van der Waals surface area contributed by atoms with Crippen LogP contribution in [0.4, 0.5) is 20.4 Å². The predicted molar refractivity (Wildman–Crippen MR) is 63.5 cm³/mol. The van der Waals surface area contributed by atoms with Gasteiger partial charge in [0.2, 0.25) is 5.95 Å². The van der Waals surface area contributed by atoms with Gasteiger partial charge >= 0.3 is 0 Å². The molecule has 90 valence electrons. The van der Waals surface area contributed by atoms with Crippen LogP contribution in [0.2, 0.25) is 0 Å². The second-order valence-electron chi connectivity index (χ2n) is 3.27. The fourth-order valence-electron chi connectivity index (χ4n) is 1.28. The molecule has 0 bridgehead atoms. The van der Waals surface area contributed by atoms with Gasteiger partial charge in [-0.2, -0.15) is 4.98 Å². The Hall–Kier alpha value is -1.50. The molecule has 0 radical (unpaired) electrons. The van der Waals surface area contributed by atoms with E-state index in [2.05, 4.69) is 36.4 Å². The number of rotatable bonds is 4. The third-order valence-electron chi connectivity index (χ3n) is 2.06. The first-order valence-corrected chi connectivity index (χ1v) is 6.01. The van der Waals surface area contributed by atoms with Crippen LogP contribution >= 0.6 is 15.9 Å². The van der Waals surface area contributed by atoms with Gasteiger partial charge in [0, 0.05) is 11.8 Å². The number of alkyl halides is 1. The number of halogens is 3. The smallest absolute Gasteiger partial charge is 0.246 e. The second kappa shape index (κ2) is 5.22. The number of anilines is 2. The monoisotopic (exact) mass is 302 g/mol. The molecule has 2 rings (SSSR count). The van der Waals surface area contributed by atoms with E-state index < -0.39 is 11.6 Å². The topological polar surface area (TPSA) is 53.6 Å². The number of hydrogen-bond acceptors (Lipinski definition) is 3. The lowest BCUT2D eigenvalue weighted by Gasteiger charge is -2.03. The minimum atomic E-state index is -0.683. The van der Waals surface area contributed by atoms with Crippen LogP contribution in [0.5, 0.6) is 0 Å². The molecule has 2 N–H and O–H groups in total. The van der Waals surface area contributed by atoms with Crippen molar-refractivity contribution in [2.45, 2.75) is 6.42 Å². The van der Waals surface area contributed by atoms with Crippen molar-refractivity contribution in [3.63, 3.8) is 0 Å². The summed E-state index contributed by atoms with van der Waals surface area (Å²) in [5.74, 6) is -0.584. The molecule has 2 aromatic rings. The van der Waals surface area contributed by atoms with Crippen LogP contribution in [0, 0.1) is 11.6 Å². The van der Waals surface area contributed by atoms with Crippen LogP contribution in [0.25, 0.3) is 0 Å². The molecule has 0 fully saturated rings. The van der Waals surface area contributed by atoms with Crippen molar-refractivity contribution in [2.75, 3.05) is 10.6 Å². The summed E-state index contributed by atoms with van der Waals surface area (Å²) < 4.78 is 26.6. The summed E-state index contributed by atoms with van der Waals surface area (Å²) in [6.07, 6.45) is 0.661. The Morgan fingerprint density at radius 2 is 2.00 bits per heavy atom. The Kier molecular flexibility index (Phi) is 3.68. The molecular formula is C10H9BrF2N4. The summed E-state index contributed by atoms with van der Waals surface area (Å²) in [6, 6.07) is 3.62. The maximum Gasteiger partial charge on any atom is 0.246 e. The predicted octanol–water partition coefficient (Wildman–Crippen LogP) is 2.76. The van der Waals surface area contributed by atoms with E-state index in [1.807, 2.05) is 0 Å². The summed E-state index contributed by atoms with van der Waals surface area (Å²) in [5, 5.41) is 9.71. The van der Waals surface area contributed by atoms with Gasteiger partial charge in [-0.15, -0.1) is 5.10 Å². The number of benzene rings is 1. The van der Waals surface area contributed by atoms with Crippen LogP contribution in [-0.4, -0.2) is 20.5 Å². The van der Waals surface area contributed by atoms with E-state index in [0.717, 1.165) is 17.5 Å². The van der Waals surface area contributed by atoms with Gasteiger partial charge in [0.1, 0.15) is 23.1 Å². The first-order chi connectivity index (χ1) is 8.20. The van der Waals surface area contributed by atoms with Crippen molar-refractivity contribution >= 4 is 27.6 Å². The maximum atomic E-state index is 13.3. The second-order valence-corrected chi connectivity index (χ2v) is 4.06. The summed E-state index contributed by atoms with van der Waals surface area (Å²) in [6.45, 7) is 0. The van der Waals surface area contributed by atoms with Gasteiger partial charge in [-0.3, -0.25) is 5.10 Å². The van der Waals surface area contributed by atoms with Crippen molar-refractivity contribution < 1.29 is 8.78 Å². The highest BCUT2D eigenvalue weighted by Crippen LogP contribution is 2.20. The van der Waals surface area contributed by atoms with E-state index in [-0.39, 0.29) is 11.6 Å². The van der Waals surface area contributed by atoms with Crippen molar-refractivity contribution in [2.24, 2.45) is 0 Å². The van der Waals surface area contributed by atoms with E-state index in [4.69, 9.17) is 0 Å². The Bertz CT molecular complexity index is 495. The molecule has 0 saturated heterocycles. The molecule has 1 aromatic heterocycles. The SMILES string of the molecule is Fc1cccc(F)c1Nc1n[nH]c(CCBr)n1. The molecule has 0 spiro atoms. The van der Waals surface area contributed by atoms with E-state index in [9.17, 15) is 8.78 Å². The van der Waals surface area contributed by atoms with Crippen LogP contribution in [0.15, 0.2) is 18.2 Å². The Labute approximate surface area is 105 Å². The maximum absolute atomic E-state index is 13.3. The zero-order valence-electron chi connectivity index (χ0n) is 8.67. The molecule has 0 amide bonds. The highest BCUT2D eigenvalue weighted by atomic mass is 79.9. The first-order valence-electron chi connectivity index (χ1n) is 4.89. The fraction of sp³-hybridized carbons (Fsp3) is 0.200. The summed E-state index contributed by atoms with van der Waals surface area (Å²) >= 11 is 3.26. The van der Waals surface area contributed by atoms with Gasteiger partial charge in [0.15, 0.2) is 0 Å². The molecule has 7 heteroatoms. The van der Waals surface area contributed by atoms with E-state index in [0.29, 0.717) is 12.2 Å². The lowest BCUT2D eigenvalue weighted by molar-refractivity contribution is 0.590. The number of nitrogens with zero attached hydrogens (tertiary/aromatic N) is 2.